The zero-order valence-corrected chi connectivity index (χ0v) is 19.3. The minimum atomic E-state index is -0.229. The molecule has 3 aromatic rings. The Balaban J connectivity index is 1.43. The molecule has 164 valence electrons. The van der Waals surface area contributed by atoms with Crippen LogP contribution in [0.4, 0.5) is 4.39 Å². The molecule has 1 unspecified atom stereocenters. The predicted octanol–water partition coefficient (Wildman–Crippen LogP) is 7.38. The topological polar surface area (TPSA) is 30.8 Å². The maximum Gasteiger partial charge on any atom is 0.134 e. The average Bonchev–Trinajstić information content (AvgIpc) is 3.30. The Hall–Kier alpha value is -3.18. The molecule has 0 spiro atoms. The number of hydrogen-bond acceptors (Lipinski definition) is 4. The molecule has 5 heteroatoms. The van der Waals surface area contributed by atoms with E-state index < -0.39 is 0 Å². The predicted molar refractivity (Wildman–Crippen MR) is 132 cm³/mol. The Bertz CT molecular complexity index is 1180. The second kappa shape index (κ2) is 9.96. The lowest BCUT2D eigenvalue weighted by molar-refractivity contribution is 0.148. The monoisotopic (exact) mass is 447 g/mol. The molecule has 0 saturated carbocycles. The Kier molecular flexibility index (Phi) is 6.86. The molecule has 1 atom stereocenters. The maximum atomic E-state index is 14.0. The van der Waals surface area contributed by atoms with E-state index in [0.717, 1.165) is 33.6 Å². The first-order valence-electron chi connectivity index (χ1n) is 10.7. The lowest BCUT2D eigenvalue weighted by atomic mass is 10.0. The molecule has 1 aromatic heterocycles. The minimum Gasteiger partial charge on any atom is -0.485 e. The third-order valence-electron chi connectivity index (χ3n) is 5.34. The van der Waals surface area contributed by atoms with Crippen LogP contribution in [0, 0.1) is 12.7 Å². The number of rotatable bonds is 8. The smallest absolute Gasteiger partial charge is 0.134 e. The fourth-order valence-corrected chi connectivity index (χ4v) is 4.65. The summed E-state index contributed by atoms with van der Waals surface area (Å²) in [5.41, 5.74) is 6.66. The van der Waals surface area contributed by atoms with Gasteiger partial charge in [0, 0.05) is 11.3 Å². The first-order valence-corrected chi connectivity index (χ1v) is 11.5. The van der Waals surface area contributed by atoms with Crippen molar-refractivity contribution in [1.82, 2.24) is 0 Å². The van der Waals surface area contributed by atoms with E-state index in [1.807, 2.05) is 43.3 Å². The molecule has 0 saturated heterocycles. The van der Waals surface area contributed by atoms with Crippen LogP contribution < -0.4 is 4.74 Å². The number of fused-ring (bicyclic) bond motifs is 1. The Morgan fingerprint density at radius 1 is 1.06 bits per heavy atom. The largest absolute Gasteiger partial charge is 0.485 e. The van der Waals surface area contributed by atoms with E-state index in [2.05, 4.69) is 36.5 Å². The quantitative estimate of drug-likeness (QED) is 0.205. The van der Waals surface area contributed by atoms with Crippen molar-refractivity contribution in [2.45, 2.75) is 33.3 Å². The van der Waals surface area contributed by atoms with Gasteiger partial charge in [0.1, 0.15) is 24.3 Å². The fourth-order valence-electron chi connectivity index (χ4n) is 3.82. The number of thiophene rings is 1. The van der Waals surface area contributed by atoms with Crippen LogP contribution in [0.3, 0.4) is 0 Å². The number of benzene rings is 2. The molecule has 0 bridgehead atoms. The van der Waals surface area contributed by atoms with Crippen LogP contribution in [0.1, 0.15) is 41.8 Å². The molecule has 0 N–H and O–H groups in total. The Morgan fingerprint density at radius 3 is 2.62 bits per heavy atom. The highest BCUT2D eigenvalue weighted by Crippen LogP contribution is 2.44. The van der Waals surface area contributed by atoms with E-state index in [9.17, 15) is 4.39 Å². The Labute approximate surface area is 192 Å². The van der Waals surface area contributed by atoms with Gasteiger partial charge in [0.25, 0.3) is 0 Å². The summed E-state index contributed by atoms with van der Waals surface area (Å²) in [6, 6.07) is 16.8. The lowest BCUT2D eigenvalue weighted by Gasteiger charge is -2.10. The number of halogens is 1. The molecule has 1 heterocycles. The van der Waals surface area contributed by atoms with Gasteiger partial charge in [-0.05, 0) is 96.0 Å². The van der Waals surface area contributed by atoms with E-state index in [1.54, 1.807) is 23.6 Å². The van der Waals surface area contributed by atoms with Crippen LogP contribution in [-0.4, -0.2) is 18.9 Å². The number of nitrogens with zero attached hydrogens (tertiary/aromatic N) is 1. The van der Waals surface area contributed by atoms with Gasteiger partial charge in [-0.3, -0.25) is 0 Å². The number of ether oxygens (including phenoxy) is 1. The molecule has 0 amide bonds. The molecule has 0 fully saturated rings. The van der Waals surface area contributed by atoms with Crippen molar-refractivity contribution in [2.24, 2.45) is 5.16 Å². The summed E-state index contributed by atoms with van der Waals surface area (Å²) >= 11 is 1.72. The Morgan fingerprint density at radius 2 is 1.88 bits per heavy atom. The highest BCUT2D eigenvalue weighted by atomic mass is 32.1. The van der Waals surface area contributed by atoms with E-state index in [0.29, 0.717) is 13.0 Å². The molecule has 4 rings (SSSR count). The van der Waals surface area contributed by atoms with Crippen molar-refractivity contribution in [1.29, 1.82) is 0 Å². The molecule has 3 nitrogen and oxygen atoms in total. The third kappa shape index (κ3) is 5.17. The van der Waals surface area contributed by atoms with Gasteiger partial charge in [0.05, 0.1) is 6.21 Å². The van der Waals surface area contributed by atoms with Crippen LogP contribution in [0.2, 0.25) is 0 Å². The standard InChI is InChI=1S/C27H26FNO2S/c1-18-13-23(32-17-18)15-26-20(3)24(27-14-21(28)9-10-25(26)27)11-12-30-29-16-19(2)31-22-7-5-4-6-8-22/h4-10,13-17,19H,11-12H2,1-3H3. The van der Waals surface area contributed by atoms with Gasteiger partial charge in [0.2, 0.25) is 0 Å². The van der Waals surface area contributed by atoms with Gasteiger partial charge in [-0.1, -0.05) is 29.4 Å². The zero-order chi connectivity index (χ0) is 22.5. The first kappa shape index (κ1) is 22.0. The van der Waals surface area contributed by atoms with E-state index in [-0.39, 0.29) is 11.9 Å². The van der Waals surface area contributed by atoms with Crippen LogP contribution in [0.5, 0.6) is 5.75 Å². The van der Waals surface area contributed by atoms with Crippen molar-refractivity contribution in [3.8, 4) is 5.75 Å². The van der Waals surface area contributed by atoms with Crippen molar-refractivity contribution in [3.63, 3.8) is 0 Å². The molecule has 32 heavy (non-hydrogen) atoms. The van der Waals surface area contributed by atoms with Crippen molar-refractivity contribution < 1.29 is 14.0 Å². The molecule has 2 aromatic carbocycles. The molecule has 1 aliphatic carbocycles. The number of oxime groups is 1. The van der Waals surface area contributed by atoms with Gasteiger partial charge in [0.15, 0.2) is 0 Å². The number of para-hydroxylation sites is 1. The summed E-state index contributed by atoms with van der Waals surface area (Å²) in [7, 11) is 0. The fraction of sp³-hybridized carbons (Fsp3) is 0.222. The lowest BCUT2D eigenvalue weighted by Crippen LogP contribution is -2.13. The second-order valence-corrected chi connectivity index (χ2v) is 8.79. The molecule has 0 aliphatic heterocycles. The van der Waals surface area contributed by atoms with Crippen molar-refractivity contribution in [2.75, 3.05) is 6.61 Å². The summed E-state index contributed by atoms with van der Waals surface area (Å²) in [5, 5.41) is 6.20. The first-order chi connectivity index (χ1) is 15.5. The highest BCUT2D eigenvalue weighted by molar-refractivity contribution is 7.11. The van der Waals surface area contributed by atoms with Crippen LogP contribution in [0.25, 0.3) is 17.2 Å². The van der Waals surface area contributed by atoms with E-state index in [1.165, 1.54) is 16.5 Å². The molecule has 1 aliphatic rings. The maximum absolute atomic E-state index is 14.0. The van der Waals surface area contributed by atoms with Crippen LogP contribution in [0.15, 0.2) is 70.7 Å². The normalized spacial score (nSPS) is 15.4. The van der Waals surface area contributed by atoms with Crippen molar-refractivity contribution in [3.05, 3.63) is 92.9 Å². The van der Waals surface area contributed by atoms with Gasteiger partial charge < -0.3 is 9.57 Å². The van der Waals surface area contributed by atoms with Gasteiger partial charge in [-0.15, -0.1) is 11.3 Å². The second-order valence-electron chi connectivity index (χ2n) is 7.85. The molecule has 0 radical (unpaired) electrons. The summed E-state index contributed by atoms with van der Waals surface area (Å²) in [6.45, 7) is 6.50. The molecular weight excluding hydrogens is 421 g/mol. The summed E-state index contributed by atoms with van der Waals surface area (Å²) in [4.78, 5) is 6.69. The minimum absolute atomic E-state index is 0.205. The molecular formula is C27H26FNO2S. The van der Waals surface area contributed by atoms with E-state index >= 15 is 0 Å². The SMILES string of the molecule is CC1=C(CCON=CC(C)Oc2ccccc2)c2cc(F)ccc2C1=Cc1cc(C)cs1. The zero-order valence-electron chi connectivity index (χ0n) is 18.5. The van der Waals surface area contributed by atoms with Crippen LogP contribution >= 0.6 is 11.3 Å². The third-order valence-corrected chi connectivity index (χ3v) is 6.34. The number of aryl methyl sites for hydroxylation is 1. The van der Waals surface area contributed by atoms with Crippen molar-refractivity contribution >= 4 is 34.8 Å². The number of hydrogen-bond donors (Lipinski definition) is 0. The highest BCUT2D eigenvalue weighted by Gasteiger charge is 2.24. The van der Waals surface area contributed by atoms with Gasteiger partial charge >= 0.3 is 0 Å². The summed E-state index contributed by atoms with van der Waals surface area (Å²) < 4.78 is 19.8. The van der Waals surface area contributed by atoms with Crippen LogP contribution in [-0.2, 0) is 4.84 Å². The summed E-state index contributed by atoms with van der Waals surface area (Å²) in [6.07, 6.45) is 4.27. The van der Waals surface area contributed by atoms with Gasteiger partial charge in [-0.25, -0.2) is 4.39 Å². The summed E-state index contributed by atoms with van der Waals surface area (Å²) in [5.74, 6) is 0.560. The van der Waals surface area contributed by atoms with E-state index in [4.69, 9.17) is 9.57 Å². The average molecular weight is 448 g/mol. The van der Waals surface area contributed by atoms with Gasteiger partial charge in [-0.2, -0.15) is 0 Å². The number of allylic oxidation sites excluding steroid dienone is 2.